The molecule has 4 aliphatic carbocycles. The van der Waals surface area contributed by atoms with Crippen molar-refractivity contribution in [2.45, 2.75) is 25.7 Å². The third kappa shape index (κ3) is 3.14. The van der Waals surface area contributed by atoms with Crippen LogP contribution in [0.15, 0.2) is 91.0 Å². The number of rotatable bonds is 1. The zero-order chi connectivity index (χ0) is 21.8. The van der Waals surface area contributed by atoms with Gasteiger partial charge in [-0.05, 0) is 64.9 Å². The summed E-state index contributed by atoms with van der Waals surface area (Å²) < 4.78 is 1.38. The van der Waals surface area contributed by atoms with Gasteiger partial charge in [0.15, 0.2) is 0 Å². The molecular weight excluding hydrogens is 417 g/mol. The third-order valence-corrected chi connectivity index (χ3v) is 8.54. The molecule has 4 aromatic carbocycles. The second-order valence-electron chi connectivity index (χ2n) is 9.28. The Kier molecular flexibility index (Phi) is 4.44. The van der Waals surface area contributed by atoms with Gasteiger partial charge in [-0.2, -0.15) is 0 Å². The summed E-state index contributed by atoms with van der Waals surface area (Å²) in [5.41, 5.74) is 11.3. The topological polar surface area (TPSA) is 12.0 Å². The summed E-state index contributed by atoms with van der Waals surface area (Å²) in [4.78, 5) is 1.46. The van der Waals surface area contributed by atoms with E-state index in [0.29, 0.717) is 0 Å². The second-order valence-corrected chi connectivity index (χ2v) is 10.3. The first-order valence-electron chi connectivity index (χ1n) is 11.9. The van der Waals surface area contributed by atoms with Gasteiger partial charge in [0.25, 0.3) is 0 Å². The van der Waals surface area contributed by atoms with E-state index < -0.39 is 0 Å². The number of fused-ring (bicyclic) bond motifs is 3. The van der Waals surface area contributed by atoms with E-state index in [0.717, 1.165) is 25.7 Å². The minimum Gasteiger partial charge on any atom is -0.419 e. The average molecular weight is 441 g/mol. The van der Waals surface area contributed by atoms with Crippen molar-refractivity contribution in [1.29, 1.82) is 0 Å². The van der Waals surface area contributed by atoms with Crippen LogP contribution in [0, 0.1) is 0 Å². The van der Waals surface area contributed by atoms with E-state index in [4.69, 9.17) is 0 Å². The average Bonchev–Trinajstić information content (AvgIpc) is 3.25. The molecule has 0 unspecified atom stereocenters. The van der Waals surface area contributed by atoms with E-state index in [-0.39, 0.29) is 6.85 Å². The molecule has 5 aliphatic rings. The van der Waals surface area contributed by atoms with Crippen molar-refractivity contribution in [2.24, 2.45) is 0 Å². The summed E-state index contributed by atoms with van der Waals surface area (Å²) in [6.07, 6.45) is 4.27. The first kappa shape index (κ1) is 19.2. The summed E-state index contributed by atoms with van der Waals surface area (Å²) in [6, 6.07) is 34.0. The van der Waals surface area contributed by atoms with Crippen LogP contribution in [0.5, 0.6) is 0 Å². The molecule has 0 saturated carbocycles. The molecule has 1 nitrogen and oxygen atoms in total. The number of benzene rings is 4. The first-order chi connectivity index (χ1) is 16.3. The number of hydrogen-bond acceptors (Lipinski definition) is 2. The Balaban J connectivity index is 1.49. The summed E-state index contributed by atoms with van der Waals surface area (Å²) >= 11 is 1.97. The zero-order valence-corrected chi connectivity index (χ0v) is 19.3. The Morgan fingerprint density at radius 2 is 1.30 bits per heavy atom. The maximum absolute atomic E-state index is 4.06. The van der Waals surface area contributed by atoms with Gasteiger partial charge in [-0.3, -0.25) is 0 Å². The van der Waals surface area contributed by atoms with Crippen LogP contribution in [0.3, 0.4) is 0 Å². The standard InChI is InChI=1S/C30H24BNS/c1-2-6-24(7-3-1)31-28-25-8-4-5-9-26(25)33-30(28)27-22-16-14-20-10-12-21(13-11-20)15-17-23(19-18-22)29(27)32-31/h1-13,18-19,32H,14-17H2. The van der Waals surface area contributed by atoms with Gasteiger partial charge >= 0.3 is 6.85 Å². The Morgan fingerprint density at radius 1 is 0.636 bits per heavy atom. The quantitative estimate of drug-likeness (QED) is 0.316. The highest BCUT2D eigenvalue weighted by molar-refractivity contribution is 7.25. The Bertz CT molecular complexity index is 1480. The molecule has 0 atom stereocenters. The molecule has 5 aromatic rings. The smallest absolute Gasteiger partial charge is 0.323 e. The van der Waals surface area contributed by atoms with E-state index in [9.17, 15) is 0 Å². The number of anilines is 1. The van der Waals surface area contributed by atoms with Gasteiger partial charge in [0.1, 0.15) is 0 Å². The minimum atomic E-state index is 0.171. The van der Waals surface area contributed by atoms with E-state index in [2.05, 4.69) is 96.2 Å². The lowest BCUT2D eigenvalue weighted by Gasteiger charge is -2.30. The molecule has 158 valence electrons. The first-order valence-corrected chi connectivity index (χ1v) is 12.7. The lowest BCUT2D eigenvalue weighted by molar-refractivity contribution is 0.925. The van der Waals surface area contributed by atoms with E-state index >= 15 is 0 Å². The van der Waals surface area contributed by atoms with Crippen molar-refractivity contribution in [3.63, 3.8) is 0 Å². The lowest BCUT2D eigenvalue weighted by Crippen LogP contribution is -2.51. The molecule has 0 spiro atoms. The maximum Gasteiger partial charge on any atom is 0.323 e. The monoisotopic (exact) mass is 441 g/mol. The molecule has 4 bridgehead atoms. The Hall–Kier alpha value is -3.30. The molecule has 0 radical (unpaired) electrons. The molecule has 10 rings (SSSR count). The maximum atomic E-state index is 4.06. The van der Waals surface area contributed by atoms with Crippen molar-refractivity contribution in [2.75, 3.05) is 5.23 Å². The van der Waals surface area contributed by atoms with Crippen LogP contribution in [-0.2, 0) is 25.7 Å². The van der Waals surface area contributed by atoms with Crippen LogP contribution in [0.4, 0.5) is 5.69 Å². The molecule has 0 saturated heterocycles. The minimum absolute atomic E-state index is 0.171. The van der Waals surface area contributed by atoms with Gasteiger partial charge in [-0.1, -0.05) is 90.4 Å². The molecule has 3 heteroatoms. The predicted molar refractivity (Wildman–Crippen MR) is 144 cm³/mol. The number of nitrogens with one attached hydrogen (secondary N) is 1. The molecule has 1 N–H and O–H groups in total. The largest absolute Gasteiger partial charge is 0.419 e. The summed E-state index contributed by atoms with van der Waals surface area (Å²) in [5, 5.41) is 5.44. The third-order valence-electron chi connectivity index (χ3n) is 7.34. The fourth-order valence-electron chi connectivity index (χ4n) is 5.61. The van der Waals surface area contributed by atoms with Crippen LogP contribution < -0.4 is 16.2 Å². The molecule has 1 aromatic heterocycles. The SMILES string of the molecule is c1ccc(B2Nc3c4ccc(c3-c3sc5ccccc5c32)CCc2ccc(cc2)CC4)cc1. The predicted octanol–water partition coefficient (Wildman–Crippen LogP) is 5.98. The second kappa shape index (κ2) is 7.64. The summed E-state index contributed by atoms with van der Waals surface area (Å²) in [7, 11) is 0. The normalized spacial score (nSPS) is 14.4. The van der Waals surface area contributed by atoms with Gasteiger partial charge in [0, 0.05) is 20.8 Å². The summed E-state index contributed by atoms with van der Waals surface area (Å²) in [6.45, 7) is 0.171. The van der Waals surface area contributed by atoms with Crippen molar-refractivity contribution in [3.8, 4) is 10.4 Å². The Labute approximate surface area is 199 Å². The molecule has 0 fully saturated rings. The van der Waals surface area contributed by atoms with Gasteiger partial charge in [-0.25, -0.2) is 0 Å². The zero-order valence-electron chi connectivity index (χ0n) is 18.5. The van der Waals surface area contributed by atoms with Gasteiger partial charge in [-0.15, -0.1) is 11.3 Å². The molecule has 33 heavy (non-hydrogen) atoms. The fourth-order valence-corrected chi connectivity index (χ4v) is 6.94. The Morgan fingerprint density at radius 3 is 2.09 bits per heavy atom. The number of thiophene rings is 1. The highest BCUT2D eigenvalue weighted by Gasteiger charge is 2.35. The van der Waals surface area contributed by atoms with Crippen molar-refractivity contribution >= 4 is 44.9 Å². The number of hydrogen-bond donors (Lipinski definition) is 1. The number of aryl methyl sites for hydroxylation is 4. The molecular formula is C30H24BNS. The van der Waals surface area contributed by atoms with Crippen LogP contribution in [0.25, 0.3) is 20.5 Å². The highest BCUT2D eigenvalue weighted by Crippen LogP contribution is 2.43. The highest BCUT2D eigenvalue weighted by atomic mass is 32.1. The van der Waals surface area contributed by atoms with Crippen LogP contribution in [-0.4, -0.2) is 6.85 Å². The van der Waals surface area contributed by atoms with Crippen molar-refractivity contribution in [1.82, 2.24) is 0 Å². The van der Waals surface area contributed by atoms with E-state index in [1.54, 1.807) is 0 Å². The van der Waals surface area contributed by atoms with Crippen molar-refractivity contribution in [3.05, 3.63) is 113 Å². The van der Waals surface area contributed by atoms with Gasteiger partial charge in [0.05, 0.1) is 0 Å². The van der Waals surface area contributed by atoms with Crippen LogP contribution >= 0.6 is 11.3 Å². The van der Waals surface area contributed by atoms with E-state index in [1.807, 2.05) is 11.3 Å². The van der Waals surface area contributed by atoms with Gasteiger partial charge in [0.2, 0.25) is 0 Å². The molecule has 0 amide bonds. The molecule has 1 aliphatic heterocycles. The van der Waals surface area contributed by atoms with E-state index in [1.165, 1.54) is 59.4 Å². The van der Waals surface area contributed by atoms with Crippen LogP contribution in [0.1, 0.15) is 22.3 Å². The fraction of sp³-hybridized carbons (Fsp3) is 0.133. The molecule has 2 heterocycles. The van der Waals surface area contributed by atoms with Gasteiger partial charge < -0.3 is 5.23 Å². The lowest BCUT2D eigenvalue weighted by atomic mass is 9.48. The van der Waals surface area contributed by atoms with Crippen LogP contribution in [0.2, 0.25) is 0 Å². The van der Waals surface area contributed by atoms with Crippen molar-refractivity contribution < 1.29 is 0 Å². The summed E-state index contributed by atoms with van der Waals surface area (Å²) in [5.74, 6) is 0.